The van der Waals surface area contributed by atoms with Crippen LogP contribution in [0, 0.1) is 5.82 Å². The highest BCUT2D eigenvalue weighted by molar-refractivity contribution is 5.34. The first kappa shape index (κ1) is 10.5. The number of rotatable bonds is 3. The van der Waals surface area contributed by atoms with Gasteiger partial charge in [0.15, 0.2) is 0 Å². The highest BCUT2D eigenvalue weighted by Crippen LogP contribution is 2.32. The number of hydrogen-bond acceptors (Lipinski definition) is 3. The molecule has 1 heterocycles. The maximum absolute atomic E-state index is 13.1. The topological polar surface area (TPSA) is 49.5 Å². The first-order chi connectivity index (χ1) is 7.26. The quantitative estimate of drug-likeness (QED) is 0.769. The third kappa shape index (κ3) is 1.88. The molecule has 1 aromatic carbocycles. The lowest BCUT2D eigenvalue weighted by atomic mass is 10.0. The average Bonchev–Trinajstić information content (AvgIpc) is 2.55. The monoisotopic (exact) mass is 210 g/mol. The fourth-order valence-corrected chi connectivity index (χ4v) is 2.19. The van der Waals surface area contributed by atoms with Crippen molar-refractivity contribution in [1.82, 2.24) is 4.90 Å². The smallest absolute Gasteiger partial charge is 0.123 e. The number of halogens is 1. The molecule has 1 aliphatic rings. The maximum Gasteiger partial charge on any atom is 0.123 e. The lowest BCUT2D eigenvalue weighted by Gasteiger charge is -2.22. The van der Waals surface area contributed by atoms with Gasteiger partial charge in [-0.25, -0.2) is 4.39 Å². The molecule has 0 saturated carbocycles. The van der Waals surface area contributed by atoms with Crippen molar-refractivity contribution in [3.8, 4) is 0 Å². The molecular weight excluding hydrogens is 195 g/mol. The van der Waals surface area contributed by atoms with Crippen molar-refractivity contribution in [2.24, 2.45) is 5.73 Å². The van der Waals surface area contributed by atoms with Crippen molar-refractivity contribution < 1.29 is 9.50 Å². The second-order valence-electron chi connectivity index (χ2n) is 3.79. The summed E-state index contributed by atoms with van der Waals surface area (Å²) in [6.45, 7) is 1.89. The van der Waals surface area contributed by atoms with E-state index in [2.05, 4.69) is 4.90 Å². The van der Waals surface area contributed by atoms with Crippen LogP contribution < -0.4 is 5.73 Å². The zero-order valence-electron chi connectivity index (χ0n) is 8.49. The van der Waals surface area contributed by atoms with Crippen molar-refractivity contribution in [1.29, 1.82) is 0 Å². The van der Waals surface area contributed by atoms with Gasteiger partial charge in [-0.3, -0.25) is 4.90 Å². The number of aliphatic hydroxyl groups excluding tert-OH is 1. The summed E-state index contributed by atoms with van der Waals surface area (Å²) in [7, 11) is 0. The van der Waals surface area contributed by atoms with Crippen LogP contribution in [0.25, 0.3) is 0 Å². The standard InChI is InChI=1S/C11H15FN2O/c12-9-2-1-8-7-14(3-4-15)11(6-13)10(8)5-9/h1-2,5,11,15H,3-4,6-7,13H2. The SMILES string of the molecule is NCC1c2cc(F)ccc2CN1CCO. The fourth-order valence-electron chi connectivity index (χ4n) is 2.19. The molecule has 3 nitrogen and oxygen atoms in total. The minimum absolute atomic E-state index is 0.0443. The molecular formula is C11H15FN2O. The van der Waals surface area contributed by atoms with Gasteiger partial charge < -0.3 is 10.8 Å². The molecule has 82 valence electrons. The number of β-amino-alcohol motifs (C(OH)–C–C–N with tert-alkyl or cyclic N) is 1. The largest absolute Gasteiger partial charge is 0.395 e. The van der Waals surface area contributed by atoms with Gasteiger partial charge in [0.25, 0.3) is 0 Å². The summed E-state index contributed by atoms with van der Waals surface area (Å²) in [5.41, 5.74) is 7.75. The van der Waals surface area contributed by atoms with Crippen molar-refractivity contribution in [2.75, 3.05) is 19.7 Å². The Morgan fingerprint density at radius 2 is 2.33 bits per heavy atom. The number of hydrogen-bond donors (Lipinski definition) is 2. The number of aliphatic hydroxyl groups is 1. The van der Waals surface area contributed by atoms with E-state index in [4.69, 9.17) is 10.8 Å². The highest BCUT2D eigenvalue weighted by atomic mass is 19.1. The van der Waals surface area contributed by atoms with Crippen LogP contribution in [-0.4, -0.2) is 29.7 Å². The molecule has 15 heavy (non-hydrogen) atoms. The summed E-state index contributed by atoms with van der Waals surface area (Å²) >= 11 is 0. The summed E-state index contributed by atoms with van der Waals surface area (Å²) in [5, 5.41) is 8.92. The number of fused-ring (bicyclic) bond motifs is 1. The molecule has 0 spiro atoms. The minimum atomic E-state index is -0.224. The van der Waals surface area contributed by atoms with E-state index >= 15 is 0 Å². The van der Waals surface area contributed by atoms with Crippen LogP contribution in [0.1, 0.15) is 17.2 Å². The summed E-state index contributed by atoms with van der Waals surface area (Å²) in [4.78, 5) is 2.07. The Kier molecular flexibility index (Phi) is 3.00. The molecule has 1 aromatic rings. The molecule has 1 atom stereocenters. The normalized spacial score (nSPS) is 20.6. The van der Waals surface area contributed by atoms with Gasteiger partial charge in [-0.1, -0.05) is 6.07 Å². The zero-order valence-corrected chi connectivity index (χ0v) is 8.49. The van der Waals surface area contributed by atoms with Crippen molar-refractivity contribution in [3.05, 3.63) is 35.1 Å². The Labute approximate surface area is 88.3 Å². The molecule has 0 aromatic heterocycles. The maximum atomic E-state index is 13.1. The van der Waals surface area contributed by atoms with E-state index in [0.29, 0.717) is 13.1 Å². The van der Waals surface area contributed by atoms with Gasteiger partial charge >= 0.3 is 0 Å². The van der Waals surface area contributed by atoms with Crippen molar-refractivity contribution in [2.45, 2.75) is 12.6 Å². The third-order valence-corrected chi connectivity index (χ3v) is 2.89. The average molecular weight is 210 g/mol. The fraction of sp³-hybridized carbons (Fsp3) is 0.455. The first-order valence-electron chi connectivity index (χ1n) is 5.09. The Bertz CT molecular complexity index is 356. The van der Waals surface area contributed by atoms with E-state index < -0.39 is 0 Å². The van der Waals surface area contributed by atoms with E-state index in [1.54, 1.807) is 12.1 Å². The molecule has 2 rings (SSSR count). The molecule has 0 aliphatic carbocycles. The van der Waals surface area contributed by atoms with Gasteiger partial charge in [-0.05, 0) is 23.3 Å². The van der Waals surface area contributed by atoms with E-state index in [9.17, 15) is 4.39 Å². The molecule has 3 N–H and O–H groups in total. The molecule has 0 bridgehead atoms. The van der Waals surface area contributed by atoms with Crippen LogP contribution in [0.15, 0.2) is 18.2 Å². The second kappa shape index (κ2) is 4.26. The first-order valence-corrected chi connectivity index (χ1v) is 5.09. The van der Waals surface area contributed by atoms with Gasteiger partial charge in [0, 0.05) is 25.7 Å². The van der Waals surface area contributed by atoms with Crippen molar-refractivity contribution in [3.63, 3.8) is 0 Å². The van der Waals surface area contributed by atoms with E-state index in [-0.39, 0.29) is 18.5 Å². The summed E-state index contributed by atoms with van der Waals surface area (Å²) < 4.78 is 13.1. The Morgan fingerprint density at radius 3 is 3.00 bits per heavy atom. The molecule has 0 amide bonds. The van der Waals surface area contributed by atoms with Crippen LogP contribution in [0.2, 0.25) is 0 Å². The summed E-state index contributed by atoms with van der Waals surface area (Å²) in [5.74, 6) is -0.224. The lowest BCUT2D eigenvalue weighted by molar-refractivity contribution is 0.164. The van der Waals surface area contributed by atoms with E-state index in [1.807, 2.05) is 0 Å². The molecule has 0 saturated heterocycles. The number of nitrogens with zero attached hydrogens (tertiary/aromatic N) is 1. The van der Waals surface area contributed by atoms with Gasteiger partial charge in [0.05, 0.1) is 6.61 Å². The highest BCUT2D eigenvalue weighted by Gasteiger charge is 2.28. The second-order valence-corrected chi connectivity index (χ2v) is 3.79. The molecule has 1 unspecified atom stereocenters. The van der Waals surface area contributed by atoms with E-state index in [0.717, 1.165) is 17.7 Å². The molecule has 1 aliphatic heterocycles. The van der Waals surface area contributed by atoms with Crippen LogP contribution >= 0.6 is 0 Å². The van der Waals surface area contributed by atoms with Gasteiger partial charge in [0.2, 0.25) is 0 Å². The van der Waals surface area contributed by atoms with Crippen LogP contribution in [0.3, 0.4) is 0 Å². The van der Waals surface area contributed by atoms with Gasteiger partial charge in [-0.15, -0.1) is 0 Å². The van der Waals surface area contributed by atoms with Crippen LogP contribution in [0.5, 0.6) is 0 Å². The lowest BCUT2D eigenvalue weighted by Crippen LogP contribution is -2.30. The van der Waals surface area contributed by atoms with Crippen LogP contribution in [-0.2, 0) is 6.54 Å². The van der Waals surface area contributed by atoms with E-state index in [1.165, 1.54) is 6.07 Å². The minimum Gasteiger partial charge on any atom is -0.395 e. The molecule has 0 fully saturated rings. The van der Waals surface area contributed by atoms with Gasteiger partial charge in [-0.2, -0.15) is 0 Å². The Morgan fingerprint density at radius 1 is 1.53 bits per heavy atom. The molecule has 4 heteroatoms. The third-order valence-electron chi connectivity index (χ3n) is 2.89. The number of benzene rings is 1. The predicted molar refractivity (Wildman–Crippen MR) is 55.7 cm³/mol. The summed E-state index contributed by atoms with van der Waals surface area (Å²) in [6, 6.07) is 4.85. The van der Waals surface area contributed by atoms with Crippen LogP contribution in [0.4, 0.5) is 4.39 Å². The summed E-state index contributed by atoms with van der Waals surface area (Å²) in [6.07, 6.45) is 0. The predicted octanol–water partition coefficient (Wildman–Crippen LogP) is 0.633. The molecule has 0 radical (unpaired) electrons. The zero-order chi connectivity index (χ0) is 10.8. The Balaban J connectivity index is 2.29. The Hall–Kier alpha value is -0.970. The van der Waals surface area contributed by atoms with Gasteiger partial charge in [0.1, 0.15) is 5.82 Å². The number of nitrogens with two attached hydrogens (primary N) is 1. The van der Waals surface area contributed by atoms with Crippen molar-refractivity contribution >= 4 is 0 Å².